The first-order valence-corrected chi connectivity index (χ1v) is 9.46. The maximum atomic E-state index is 12.7. The van der Waals surface area contributed by atoms with Crippen LogP contribution in [0, 0.1) is 0 Å². The summed E-state index contributed by atoms with van der Waals surface area (Å²) in [5.74, 6) is 0.754. The van der Waals surface area contributed by atoms with Crippen LogP contribution < -0.4 is 15.0 Å². The molecule has 146 valence electrons. The summed E-state index contributed by atoms with van der Waals surface area (Å²) >= 11 is 0. The van der Waals surface area contributed by atoms with Crippen molar-refractivity contribution in [2.45, 2.75) is 6.42 Å². The van der Waals surface area contributed by atoms with Gasteiger partial charge in [-0.1, -0.05) is 30.3 Å². The van der Waals surface area contributed by atoms with Gasteiger partial charge in [0.2, 0.25) is 0 Å². The Balaban J connectivity index is 1.54. The Morgan fingerprint density at radius 1 is 1.21 bits per heavy atom. The highest BCUT2D eigenvalue weighted by molar-refractivity contribution is 5.92. The fourth-order valence-electron chi connectivity index (χ4n) is 3.45. The number of hydrogen-bond donors (Lipinski definition) is 1. The van der Waals surface area contributed by atoms with E-state index in [9.17, 15) is 4.79 Å². The summed E-state index contributed by atoms with van der Waals surface area (Å²) in [5.41, 5.74) is 3.64. The zero-order chi connectivity index (χ0) is 19.3. The average Bonchev–Trinajstić information content (AvgIpc) is 3.17. The van der Waals surface area contributed by atoms with Gasteiger partial charge in [0.25, 0.3) is 0 Å². The molecule has 0 unspecified atom stereocenters. The Hall–Kier alpha value is -3.06. The van der Waals surface area contributed by atoms with Gasteiger partial charge in [-0.2, -0.15) is 0 Å². The van der Waals surface area contributed by atoms with E-state index in [0.717, 1.165) is 42.0 Å². The summed E-state index contributed by atoms with van der Waals surface area (Å²) < 4.78 is 12.6. The van der Waals surface area contributed by atoms with Crippen molar-refractivity contribution in [2.75, 3.05) is 44.9 Å². The van der Waals surface area contributed by atoms with Gasteiger partial charge in [-0.25, -0.2) is 9.78 Å². The molecule has 7 heteroatoms. The van der Waals surface area contributed by atoms with Crippen molar-refractivity contribution in [3.8, 4) is 5.75 Å². The molecule has 1 aliphatic rings. The highest BCUT2D eigenvalue weighted by Crippen LogP contribution is 2.33. The maximum Gasteiger partial charge on any atom is 0.327 e. The number of benzene rings is 2. The third-order valence-corrected chi connectivity index (χ3v) is 4.95. The number of carbonyl (C=O) groups excluding carboxylic acids is 1. The normalized spacial score (nSPS) is 14.2. The second-order valence-corrected chi connectivity index (χ2v) is 6.69. The molecule has 0 atom stereocenters. The van der Waals surface area contributed by atoms with Gasteiger partial charge in [-0.05, 0) is 18.1 Å². The maximum absolute atomic E-state index is 12.7. The van der Waals surface area contributed by atoms with Crippen LogP contribution in [-0.2, 0) is 11.2 Å². The van der Waals surface area contributed by atoms with Crippen molar-refractivity contribution >= 4 is 22.8 Å². The standard InChI is InChI=1S/C21H24N4O3/c1-27-20-13-17-18(14-19(20)24-9-11-28-12-10-24)25(15-23-17)21(26)22-8-7-16-5-3-2-4-6-16/h2-6,13-15H,7-12H2,1H3,(H,22,26). The lowest BCUT2D eigenvalue weighted by atomic mass is 10.1. The van der Waals surface area contributed by atoms with Crippen molar-refractivity contribution in [1.29, 1.82) is 0 Å². The molecular weight excluding hydrogens is 356 g/mol. The second-order valence-electron chi connectivity index (χ2n) is 6.69. The van der Waals surface area contributed by atoms with Crippen LogP contribution in [0.2, 0.25) is 0 Å². The van der Waals surface area contributed by atoms with Crippen LogP contribution in [-0.4, -0.2) is 55.5 Å². The molecule has 0 spiro atoms. The number of morpholine rings is 1. The number of aromatic nitrogens is 2. The number of imidazole rings is 1. The van der Waals surface area contributed by atoms with E-state index in [1.54, 1.807) is 18.0 Å². The number of fused-ring (bicyclic) bond motifs is 1. The van der Waals surface area contributed by atoms with Crippen LogP contribution in [0.15, 0.2) is 48.8 Å². The van der Waals surface area contributed by atoms with Gasteiger partial charge in [-0.15, -0.1) is 0 Å². The summed E-state index contributed by atoms with van der Waals surface area (Å²) in [6, 6.07) is 13.8. The van der Waals surface area contributed by atoms with Crippen LogP contribution in [0.3, 0.4) is 0 Å². The third kappa shape index (κ3) is 3.80. The van der Waals surface area contributed by atoms with E-state index >= 15 is 0 Å². The van der Waals surface area contributed by atoms with Crippen LogP contribution >= 0.6 is 0 Å². The number of nitrogens with zero attached hydrogens (tertiary/aromatic N) is 3. The summed E-state index contributed by atoms with van der Waals surface area (Å²) in [4.78, 5) is 19.3. The Bertz CT molecular complexity index is 949. The SMILES string of the molecule is COc1cc2ncn(C(=O)NCCc3ccccc3)c2cc1N1CCOCC1. The first-order chi connectivity index (χ1) is 13.8. The quantitative estimate of drug-likeness (QED) is 0.737. The van der Waals surface area contributed by atoms with Crippen molar-refractivity contribution in [2.24, 2.45) is 0 Å². The smallest absolute Gasteiger partial charge is 0.327 e. The number of ether oxygens (including phenoxy) is 2. The fraction of sp³-hybridized carbons (Fsp3) is 0.333. The van der Waals surface area contributed by atoms with E-state index in [0.29, 0.717) is 19.8 Å². The summed E-state index contributed by atoms with van der Waals surface area (Å²) in [7, 11) is 1.65. The van der Waals surface area contributed by atoms with Gasteiger partial charge in [0.15, 0.2) is 0 Å². The zero-order valence-electron chi connectivity index (χ0n) is 15.9. The fourth-order valence-corrected chi connectivity index (χ4v) is 3.45. The topological polar surface area (TPSA) is 68.6 Å². The molecule has 2 aromatic carbocycles. The molecule has 1 saturated heterocycles. The second kappa shape index (κ2) is 8.31. The third-order valence-electron chi connectivity index (χ3n) is 4.95. The van der Waals surface area contributed by atoms with Crippen LogP contribution in [0.25, 0.3) is 11.0 Å². The number of anilines is 1. The molecule has 1 aliphatic heterocycles. The van der Waals surface area contributed by atoms with E-state index in [2.05, 4.69) is 27.3 Å². The average molecular weight is 380 g/mol. The molecule has 4 rings (SSSR count). The predicted molar refractivity (Wildman–Crippen MR) is 108 cm³/mol. The van der Waals surface area contributed by atoms with Gasteiger partial charge in [0.05, 0.1) is 37.0 Å². The lowest BCUT2D eigenvalue weighted by Crippen LogP contribution is -2.36. The molecule has 0 radical (unpaired) electrons. The zero-order valence-corrected chi connectivity index (χ0v) is 15.9. The number of methoxy groups -OCH3 is 1. The van der Waals surface area contributed by atoms with Gasteiger partial charge in [0, 0.05) is 25.7 Å². The van der Waals surface area contributed by atoms with Crippen molar-refractivity contribution in [3.05, 3.63) is 54.4 Å². The van der Waals surface area contributed by atoms with Crippen LogP contribution in [0.4, 0.5) is 10.5 Å². The lowest BCUT2D eigenvalue weighted by molar-refractivity contribution is 0.122. The van der Waals surface area contributed by atoms with Gasteiger partial charge in [-0.3, -0.25) is 4.57 Å². The number of carbonyl (C=O) groups is 1. The number of hydrogen-bond acceptors (Lipinski definition) is 5. The highest BCUT2D eigenvalue weighted by atomic mass is 16.5. The molecule has 1 amide bonds. The van der Waals surface area contributed by atoms with Crippen LogP contribution in [0.5, 0.6) is 5.75 Å². The van der Waals surface area contributed by atoms with Gasteiger partial charge < -0.3 is 19.7 Å². The Labute approximate surface area is 163 Å². The highest BCUT2D eigenvalue weighted by Gasteiger charge is 2.19. The largest absolute Gasteiger partial charge is 0.495 e. The molecule has 3 aromatic rings. The van der Waals surface area contributed by atoms with E-state index in [4.69, 9.17) is 9.47 Å². The Kier molecular flexibility index (Phi) is 5.43. The molecule has 0 aliphatic carbocycles. The van der Waals surface area contributed by atoms with Crippen molar-refractivity contribution < 1.29 is 14.3 Å². The Morgan fingerprint density at radius 3 is 2.75 bits per heavy atom. The molecule has 2 heterocycles. The van der Waals surface area contributed by atoms with E-state index in [1.807, 2.05) is 30.3 Å². The Morgan fingerprint density at radius 2 is 2.00 bits per heavy atom. The van der Waals surface area contributed by atoms with Crippen LogP contribution in [0.1, 0.15) is 5.56 Å². The summed E-state index contributed by atoms with van der Waals surface area (Å²) in [6.45, 7) is 3.51. The van der Waals surface area contributed by atoms with Gasteiger partial charge in [0.1, 0.15) is 12.1 Å². The van der Waals surface area contributed by atoms with E-state index < -0.39 is 0 Å². The minimum absolute atomic E-state index is 0.184. The van der Waals surface area contributed by atoms with E-state index in [1.165, 1.54) is 5.56 Å². The van der Waals surface area contributed by atoms with E-state index in [-0.39, 0.29) is 6.03 Å². The van der Waals surface area contributed by atoms with Crippen molar-refractivity contribution in [3.63, 3.8) is 0 Å². The summed E-state index contributed by atoms with van der Waals surface area (Å²) in [6.07, 6.45) is 2.34. The molecular formula is C21H24N4O3. The first kappa shape index (κ1) is 18.3. The van der Waals surface area contributed by atoms with Gasteiger partial charge >= 0.3 is 6.03 Å². The number of nitrogens with one attached hydrogen (secondary N) is 1. The molecule has 0 bridgehead atoms. The minimum Gasteiger partial charge on any atom is -0.495 e. The number of amides is 1. The molecule has 1 aromatic heterocycles. The number of rotatable bonds is 5. The predicted octanol–water partition coefficient (Wildman–Crippen LogP) is 2.68. The molecule has 28 heavy (non-hydrogen) atoms. The summed E-state index contributed by atoms with van der Waals surface area (Å²) in [5, 5.41) is 2.97. The minimum atomic E-state index is -0.184. The lowest BCUT2D eigenvalue weighted by Gasteiger charge is -2.30. The molecule has 0 saturated carbocycles. The monoisotopic (exact) mass is 380 g/mol. The molecule has 1 N–H and O–H groups in total. The molecule has 7 nitrogen and oxygen atoms in total. The molecule has 1 fully saturated rings. The first-order valence-electron chi connectivity index (χ1n) is 9.46. The van der Waals surface area contributed by atoms with Crippen molar-refractivity contribution in [1.82, 2.24) is 14.9 Å².